The van der Waals surface area contributed by atoms with Crippen LogP contribution in [-0.4, -0.2) is 0 Å². The van der Waals surface area contributed by atoms with Crippen molar-refractivity contribution in [3.63, 3.8) is 0 Å². The standard InChI is InChI=1S/C17H19ClIN/c1-3-4-17(13-6-8-14(18)9-7-13)20-15-10-5-12(2)16(19)11-15/h5-11,17,20H,3-4H2,1-2H3. The van der Waals surface area contributed by atoms with Gasteiger partial charge in [-0.2, -0.15) is 0 Å². The molecule has 0 aliphatic heterocycles. The Morgan fingerprint density at radius 2 is 1.85 bits per heavy atom. The second-order valence-electron chi connectivity index (χ2n) is 5.00. The fraction of sp³-hybridized carbons (Fsp3) is 0.294. The Bertz CT molecular complexity index is 566. The van der Waals surface area contributed by atoms with Gasteiger partial charge in [-0.3, -0.25) is 0 Å². The Hall–Kier alpha value is -0.740. The molecule has 20 heavy (non-hydrogen) atoms. The normalized spacial score (nSPS) is 12.2. The molecular weight excluding hydrogens is 381 g/mol. The van der Waals surface area contributed by atoms with E-state index in [2.05, 4.69) is 72.1 Å². The van der Waals surface area contributed by atoms with Crippen LogP contribution in [0, 0.1) is 10.5 Å². The van der Waals surface area contributed by atoms with Gasteiger partial charge < -0.3 is 5.32 Å². The number of hydrogen-bond acceptors (Lipinski definition) is 1. The molecule has 0 aliphatic carbocycles. The highest BCUT2D eigenvalue weighted by Gasteiger charge is 2.10. The van der Waals surface area contributed by atoms with Crippen LogP contribution in [-0.2, 0) is 0 Å². The minimum absolute atomic E-state index is 0.329. The van der Waals surface area contributed by atoms with E-state index in [1.54, 1.807) is 0 Å². The van der Waals surface area contributed by atoms with E-state index in [4.69, 9.17) is 11.6 Å². The van der Waals surface area contributed by atoms with Gasteiger partial charge >= 0.3 is 0 Å². The second kappa shape index (κ2) is 7.32. The maximum Gasteiger partial charge on any atom is 0.0513 e. The monoisotopic (exact) mass is 399 g/mol. The molecule has 2 aromatic carbocycles. The lowest BCUT2D eigenvalue weighted by molar-refractivity contribution is 0.677. The number of hydrogen-bond donors (Lipinski definition) is 1. The minimum Gasteiger partial charge on any atom is -0.378 e. The van der Waals surface area contributed by atoms with Crippen molar-refractivity contribution in [1.29, 1.82) is 0 Å². The Labute approximate surface area is 139 Å². The Morgan fingerprint density at radius 1 is 1.15 bits per heavy atom. The quantitative estimate of drug-likeness (QED) is 0.590. The summed E-state index contributed by atoms with van der Waals surface area (Å²) >= 11 is 8.35. The molecule has 0 bridgehead atoms. The molecule has 2 aromatic rings. The van der Waals surface area contributed by atoms with Gasteiger partial charge in [-0.1, -0.05) is 43.1 Å². The molecule has 0 spiro atoms. The summed E-state index contributed by atoms with van der Waals surface area (Å²) in [5.74, 6) is 0. The van der Waals surface area contributed by atoms with Crippen LogP contribution in [0.1, 0.15) is 36.9 Å². The van der Waals surface area contributed by atoms with Gasteiger partial charge in [-0.15, -0.1) is 0 Å². The summed E-state index contributed by atoms with van der Waals surface area (Å²) in [6.45, 7) is 4.35. The summed E-state index contributed by atoms with van der Waals surface area (Å²) in [6, 6.07) is 15.0. The van der Waals surface area contributed by atoms with Crippen molar-refractivity contribution in [3.8, 4) is 0 Å². The van der Waals surface area contributed by atoms with E-state index in [1.165, 1.54) is 20.4 Å². The Balaban J connectivity index is 2.20. The van der Waals surface area contributed by atoms with Gasteiger partial charge in [-0.25, -0.2) is 0 Å². The van der Waals surface area contributed by atoms with Gasteiger partial charge in [0.2, 0.25) is 0 Å². The molecule has 0 heterocycles. The largest absolute Gasteiger partial charge is 0.378 e. The van der Waals surface area contributed by atoms with Crippen molar-refractivity contribution in [3.05, 3.63) is 62.2 Å². The highest BCUT2D eigenvalue weighted by atomic mass is 127. The minimum atomic E-state index is 0.329. The van der Waals surface area contributed by atoms with E-state index in [0.29, 0.717) is 6.04 Å². The highest BCUT2D eigenvalue weighted by Crippen LogP contribution is 2.26. The van der Waals surface area contributed by atoms with E-state index in [9.17, 15) is 0 Å². The maximum absolute atomic E-state index is 5.97. The average Bonchev–Trinajstić information content (AvgIpc) is 2.43. The van der Waals surface area contributed by atoms with Gasteiger partial charge in [0.25, 0.3) is 0 Å². The van der Waals surface area contributed by atoms with Crippen LogP contribution in [0.5, 0.6) is 0 Å². The van der Waals surface area contributed by atoms with Crippen LogP contribution in [0.2, 0.25) is 5.02 Å². The van der Waals surface area contributed by atoms with Gasteiger partial charge in [-0.05, 0) is 71.3 Å². The zero-order valence-electron chi connectivity index (χ0n) is 11.8. The Kier molecular flexibility index (Phi) is 5.73. The molecular formula is C17H19ClIN. The first kappa shape index (κ1) is 15.6. The maximum atomic E-state index is 5.97. The summed E-state index contributed by atoms with van der Waals surface area (Å²) in [4.78, 5) is 0. The molecule has 0 aliphatic rings. The molecule has 1 unspecified atom stereocenters. The van der Waals surface area contributed by atoms with E-state index in [1.807, 2.05) is 12.1 Å². The predicted molar refractivity (Wildman–Crippen MR) is 96.6 cm³/mol. The average molecular weight is 400 g/mol. The highest BCUT2D eigenvalue weighted by molar-refractivity contribution is 14.1. The first-order chi connectivity index (χ1) is 9.60. The third-order valence-electron chi connectivity index (χ3n) is 3.36. The lowest BCUT2D eigenvalue weighted by atomic mass is 10.0. The topological polar surface area (TPSA) is 12.0 Å². The van der Waals surface area contributed by atoms with Crippen LogP contribution in [0.15, 0.2) is 42.5 Å². The van der Waals surface area contributed by atoms with Crippen LogP contribution < -0.4 is 5.32 Å². The van der Waals surface area contributed by atoms with Crippen molar-refractivity contribution in [2.75, 3.05) is 5.32 Å². The molecule has 0 aromatic heterocycles. The van der Waals surface area contributed by atoms with Crippen molar-refractivity contribution in [2.24, 2.45) is 0 Å². The summed E-state index contributed by atoms with van der Waals surface area (Å²) in [7, 11) is 0. The zero-order valence-corrected chi connectivity index (χ0v) is 14.7. The zero-order chi connectivity index (χ0) is 14.5. The molecule has 0 saturated carbocycles. The smallest absolute Gasteiger partial charge is 0.0513 e. The van der Waals surface area contributed by atoms with Crippen LogP contribution >= 0.6 is 34.2 Å². The summed E-state index contributed by atoms with van der Waals surface area (Å²) < 4.78 is 1.29. The lowest BCUT2D eigenvalue weighted by Gasteiger charge is -2.20. The number of benzene rings is 2. The van der Waals surface area contributed by atoms with E-state index < -0.39 is 0 Å². The number of rotatable bonds is 5. The van der Waals surface area contributed by atoms with Crippen molar-refractivity contribution < 1.29 is 0 Å². The van der Waals surface area contributed by atoms with Crippen molar-refractivity contribution in [2.45, 2.75) is 32.7 Å². The molecule has 0 fully saturated rings. The molecule has 0 amide bonds. The van der Waals surface area contributed by atoms with E-state index in [-0.39, 0.29) is 0 Å². The predicted octanol–water partition coefficient (Wildman–Crippen LogP) is 6.21. The molecule has 1 atom stereocenters. The molecule has 0 radical (unpaired) electrons. The molecule has 0 saturated heterocycles. The van der Waals surface area contributed by atoms with E-state index in [0.717, 1.165) is 17.9 Å². The first-order valence-electron chi connectivity index (χ1n) is 6.88. The SMILES string of the molecule is CCCC(Nc1ccc(C)c(I)c1)c1ccc(Cl)cc1. The van der Waals surface area contributed by atoms with Gasteiger partial charge in [0.15, 0.2) is 0 Å². The van der Waals surface area contributed by atoms with Gasteiger partial charge in [0.05, 0.1) is 6.04 Å². The summed E-state index contributed by atoms with van der Waals surface area (Å²) in [6.07, 6.45) is 2.25. The van der Waals surface area contributed by atoms with Crippen LogP contribution in [0.25, 0.3) is 0 Å². The fourth-order valence-corrected chi connectivity index (χ4v) is 2.83. The molecule has 1 N–H and O–H groups in total. The summed E-state index contributed by atoms with van der Waals surface area (Å²) in [5, 5.41) is 4.42. The third kappa shape index (κ3) is 4.13. The van der Waals surface area contributed by atoms with Crippen molar-refractivity contribution in [1.82, 2.24) is 0 Å². The molecule has 1 nitrogen and oxygen atoms in total. The molecule has 2 rings (SSSR count). The second-order valence-corrected chi connectivity index (χ2v) is 6.60. The number of anilines is 1. The number of nitrogens with one attached hydrogen (secondary N) is 1. The van der Waals surface area contributed by atoms with Crippen LogP contribution in [0.3, 0.4) is 0 Å². The lowest BCUT2D eigenvalue weighted by Crippen LogP contribution is -2.10. The van der Waals surface area contributed by atoms with Crippen molar-refractivity contribution >= 4 is 39.9 Å². The summed E-state index contributed by atoms with van der Waals surface area (Å²) in [5.41, 5.74) is 3.77. The fourth-order valence-electron chi connectivity index (χ4n) is 2.19. The third-order valence-corrected chi connectivity index (χ3v) is 4.78. The first-order valence-corrected chi connectivity index (χ1v) is 8.34. The molecule has 106 valence electrons. The van der Waals surface area contributed by atoms with E-state index >= 15 is 0 Å². The molecule has 3 heteroatoms. The number of aryl methyl sites for hydroxylation is 1. The van der Waals surface area contributed by atoms with Gasteiger partial charge in [0.1, 0.15) is 0 Å². The van der Waals surface area contributed by atoms with Crippen LogP contribution in [0.4, 0.5) is 5.69 Å². The Morgan fingerprint density at radius 3 is 2.45 bits per heavy atom. The number of halogens is 2. The van der Waals surface area contributed by atoms with Gasteiger partial charge in [0, 0.05) is 14.3 Å².